The quantitative estimate of drug-likeness (QED) is 0.799. The van der Waals surface area contributed by atoms with E-state index in [0.717, 1.165) is 25.2 Å². The van der Waals surface area contributed by atoms with Gasteiger partial charge < -0.3 is 15.2 Å². The molecule has 0 saturated carbocycles. The van der Waals surface area contributed by atoms with E-state index in [4.69, 9.17) is 5.73 Å². The molecule has 16 heavy (non-hydrogen) atoms. The summed E-state index contributed by atoms with van der Waals surface area (Å²) in [6, 6.07) is 0.679. The fourth-order valence-corrected chi connectivity index (χ4v) is 1.56. The Kier molecular flexibility index (Phi) is 4.96. The maximum Gasteiger partial charge on any atom is 0.0949 e. The van der Waals surface area contributed by atoms with Crippen molar-refractivity contribution >= 4 is 0 Å². The van der Waals surface area contributed by atoms with Gasteiger partial charge in [-0.1, -0.05) is 6.92 Å². The summed E-state index contributed by atoms with van der Waals surface area (Å²) < 4.78 is 2.16. The summed E-state index contributed by atoms with van der Waals surface area (Å²) in [5.74, 6) is 0. The molecule has 0 aromatic carbocycles. The minimum Gasteiger partial charge on any atom is -0.332 e. The van der Waals surface area contributed by atoms with E-state index < -0.39 is 0 Å². The fraction of sp³-hybridized carbons (Fsp3) is 0.750. The molecule has 2 N–H and O–H groups in total. The van der Waals surface area contributed by atoms with Crippen LogP contribution in [-0.4, -0.2) is 34.1 Å². The van der Waals surface area contributed by atoms with E-state index in [1.807, 2.05) is 12.5 Å². The summed E-state index contributed by atoms with van der Waals surface area (Å²) in [5, 5.41) is 0. The minimum absolute atomic E-state index is 0.104. The Morgan fingerprint density at radius 3 is 2.75 bits per heavy atom. The number of hydrogen-bond acceptors (Lipinski definition) is 3. The number of nitrogens with zero attached hydrogens (tertiary/aromatic N) is 3. The third-order valence-electron chi connectivity index (χ3n) is 3.14. The van der Waals surface area contributed by atoms with E-state index in [1.165, 1.54) is 0 Å². The smallest absolute Gasteiger partial charge is 0.0949 e. The molecule has 0 aliphatic rings. The topological polar surface area (TPSA) is 47.1 Å². The van der Waals surface area contributed by atoms with Crippen LogP contribution in [0.1, 0.15) is 38.9 Å². The molecule has 1 heterocycles. The third-order valence-corrected chi connectivity index (χ3v) is 3.14. The molecule has 0 amide bonds. The van der Waals surface area contributed by atoms with Gasteiger partial charge in [-0.2, -0.15) is 0 Å². The number of nitrogens with two attached hydrogens (primary N) is 1. The molecule has 4 nitrogen and oxygen atoms in total. The monoisotopic (exact) mass is 224 g/mol. The second kappa shape index (κ2) is 6.01. The molecule has 1 aromatic heterocycles. The summed E-state index contributed by atoms with van der Waals surface area (Å²) in [5.41, 5.74) is 7.17. The van der Waals surface area contributed by atoms with Gasteiger partial charge in [-0.05, 0) is 27.3 Å². The lowest BCUT2D eigenvalue weighted by atomic mass is 10.2. The van der Waals surface area contributed by atoms with Crippen LogP contribution in [0.3, 0.4) is 0 Å². The Bertz CT molecular complexity index is 306. The van der Waals surface area contributed by atoms with E-state index in [9.17, 15) is 0 Å². The Morgan fingerprint density at radius 2 is 2.19 bits per heavy atom. The van der Waals surface area contributed by atoms with Gasteiger partial charge in [0.1, 0.15) is 0 Å². The summed E-state index contributed by atoms with van der Waals surface area (Å²) in [6.07, 6.45) is 4.70. The van der Waals surface area contributed by atoms with Crippen LogP contribution in [0.25, 0.3) is 0 Å². The summed E-state index contributed by atoms with van der Waals surface area (Å²) in [7, 11) is 2.14. The average molecular weight is 224 g/mol. The van der Waals surface area contributed by atoms with Crippen molar-refractivity contribution in [3.63, 3.8) is 0 Å². The maximum absolute atomic E-state index is 6.03. The molecule has 0 spiro atoms. The molecule has 0 aliphatic heterocycles. The molecule has 1 atom stereocenters. The van der Waals surface area contributed by atoms with Crippen LogP contribution in [-0.2, 0) is 6.54 Å². The molecule has 1 rings (SSSR count). The first-order valence-corrected chi connectivity index (χ1v) is 6.02. The standard InChI is InChI=1S/C12H24N4/c1-5-11(13)12-8-14-9-16(12)7-6-15(4)10(2)3/h8-11H,5-7,13H2,1-4H3/t11-/m1/s1. The van der Waals surface area contributed by atoms with Crippen molar-refractivity contribution in [2.45, 2.75) is 45.8 Å². The van der Waals surface area contributed by atoms with Crippen LogP contribution in [0.15, 0.2) is 12.5 Å². The van der Waals surface area contributed by atoms with Crippen LogP contribution in [0.4, 0.5) is 0 Å². The highest BCUT2D eigenvalue weighted by Crippen LogP contribution is 2.12. The van der Waals surface area contributed by atoms with Crippen molar-refractivity contribution in [3.05, 3.63) is 18.2 Å². The highest BCUT2D eigenvalue weighted by molar-refractivity contribution is 5.04. The molecule has 0 aliphatic carbocycles. The highest BCUT2D eigenvalue weighted by atomic mass is 15.2. The Labute approximate surface area is 98.5 Å². The maximum atomic E-state index is 6.03. The van der Waals surface area contributed by atoms with Gasteiger partial charge in [0.25, 0.3) is 0 Å². The van der Waals surface area contributed by atoms with E-state index in [1.54, 1.807) is 0 Å². The Hall–Kier alpha value is -0.870. The lowest BCUT2D eigenvalue weighted by Gasteiger charge is -2.22. The molecular weight excluding hydrogens is 200 g/mol. The molecular formula is C12H24N4. The van der Waals surface area contributed by atoms with E-state index in [2.05, 4.69) is 42.3 Å². The van der Waals surface area contributed by atoms with Crippen LogP contribution >= 0.6 is 0 Å². The van der Waals surface area contributed by atoms with Crippen LogP contribution < -0.4 is 5.73 Å². The molecule has 4 heteroatoms. The largest absolute Gasteiger partial charge is 0.332 e. The van der Waals surface area contributed by atoms with Crippen LogP contribution in [0, 0.1) is 0 Å². The number of likely N-dealkylation sites (N-methyl/N-ethyl adjacent to an activating group) is 1. The predicted octanol–water partition coefficient (Wildman–Crippen LogP) is 1.63. The average Bonchev–Trinajstić information content (AvgIpc) is 2.72. The van der Waals surface area contributed by atoms with E-state index in [0.29, 0.717) is 6.04 Å². The summed E-state index contributed by atoms with van der Waals surface area (Å²) in [4.78, 5) is 6.50. The second-order valence-electron chi connectivity index (χ2n) is 4.60. The van der Waals surface area contributed by atoms with Gasteiger partial charge >= 0.3 is 0 Å². The van der Waals surface area contributed by atoms with Gasteiger partial charge in [-0.25, -0.2) is 4.98 Å². The zero-order valence-electron chi connectivity index (χ0n) is 10.8. The van der Waals surface area contributed by atoms with E-state index in [-0.39, 0.29) is 6.04 Å². The van der Waals surface area contributed by atoms with Gasteiger partial charge in [-0.3, -0.25) is 0 Å². The van der Waals surface area contributed by atoms with Gasteiger partial charge in [0.15, 0.2) is 0 Å². The second-order valence-corrected chi connectivity index (χ2v) is 4.60. The highest BCUT2D eigenvalue weighted by Gasteiger charge is 2.10. The van der Waals surface area contributed by atoms with Crippen molar-refractivity contribution in [2.75, 3.05) is 13.6 Å². The molecule has 0 unspecified atom stereocenters. The van der Waals surface area contributed by atoms with Crippen LogP contribution in [0.2, 0.25) is 0 Å². The van der Waals surface area contributed by atoms with Crippen molar-refractivity contribution in [2.24, 2.45) is 5.73 Å². The first kappa shape index (κ1) is 13.2. The van der Waals surface area contributed by atoms with Gasteiger partial charge in [-0.15, -0.1) is 0 Å². The third kappa shape index (κ3) is 3.32. The Balaban J connectivity index is 2.57. The zero-order chi connectivity index (χ0) is 12.1. The lowest BCUT2D eigenvalue weighted by molar-refractivity contribution is 0.261. The SMILES string of the molecule is CC[C@@H](N)c1cncn1CCN(C)C(C)C. The molecule has 0 radical (unpaired) electrons. The van der Waals surface area contributed by atoms with Gasteiger partial charge in [0.05, 0.1) is 12.0 Å². The number of aromatic nitrogens is 2. The predicted molar refractivity (Wildman–Crippen MR) is 67.2 cm³/mol. The van der Waals surface area contributed by atoms with Crippen molar-refractivity contribution in [1.29, 1.82) is 0 Å². The molecule has 0 bridgehead atoms. The molecule has 1 aromatic rings. The summed E-state index contributed by atoms with van der Waals surface area (Å²) >= 11 is 0. The van der Waals surface area contributed by atoms with Crippen molar-refractivity contribution in [1.82, 2.24) is 14.5 Å². The zero-order valence-corrected chi connectivity index (χ0v) is 10.8. The van der Waals surface area contributed by atoms with Crippen LogP contribution in [0.5, 0.6) is 0 Å². The molecule has 0 fully saturated rings. The van der Waals surface area contributed by atoms with E-state index >= 15 is 0 Å². The van der Waals surface area contributed by atoms with Gasteiger partial charge in [0, 0.05) is 31.4 Å². The fourth-order valence-electron chi connectivity index (χ4n) is 1.56. The van der Waals surface area contributed by atoms with Crippen molar-refractivity contribution < 1.29 is 0 Å². The van der Waals surface area contributed by atoms with Crippen molar-refractivity contribution in [3.8, 4) is 0 Å². The summed E-state index contributed by atoms with van der Waals surface area (Å²) in [6.45, 7) is 8.48. The van der Waals surface area contributed by atoms with Gasteiger partial charge in [0.2, 0.25) is 0 Å². The first-order chi connectivity index (χ1) is 7.56. The number of hydrogen-bond donors (Lipinski definition) is 1. The molecule has 0 saturated heterocycles. The number of rotatable bonds is 6. The normalized spacial score (nSPS) is 13.7. The first-order valence-electron chi connectivity index (χ1n) is 6.02. The number of imidazole rings is 1. The Morgan fingerprint density at radius 1 is 1.50 bits per heavy atom. The lowest BCUT2D eigenvalue weighted by Crippen LogP contribution is -2.30. The minimum atomic E-state index is 0.104. The molecule has 92 valence electrons.